The molecule has 14 heavy (non-hydrogen) atoms. The van der Waals surface area contributed by atoms with Gasteiger partial charge >= 0.3 is 0 Å². The van der Waals surface area contributed by atoms with Crippen LogP contribution in [-0.4, -0.2) is 36.0 Å². The molecule has 0 aromatic rings. The van der Waals surface area contributed by atoms with Gasteiger partial charge in [0, 0.05) is 31.6 Å². The van der Waals surface area contributed by atoms with Gasteiger partial charge in [0.15, 0.2) is 0 Å². The zero-order valence-corrected chi connectivity index (χ0v) is 8.96. The van der Waals surface area contributed by atoms with Crippen LogP contribution in [0.3, 0.4) is 0 Å². The number of likely N-dealkylation sites (tertiary alicyclic amines) is 1. The maximum Gasteiger partial charge on any atom is 0.222 e. The number of carbonyl (C=O) groups excluding carboxylic acids is 1. The summed E-state index contributed by atoms with van der Waals surface area (Å²) in [5.74, 6) is 0.340. The molecule has 1 heterocycles. The summed E-state index contributed by atoms with van der Waals surface area (Å²) in [5.41, 5.74) is 0. The summed E-state index contributed by atoms with van der Waals surface area (Å²) in [6, 6.07) is 1.19. The molecule has 1 amide bonds. The molecule has 0 radical (unpaired) electrons. The highest BCUT2D eigenvalue weighted by Gasteiger charge is 2.24. The molecule has 2 aliphatic rings. The minimum absolute atomic E-state index is 0.340. The highest BCUT2D eigenvalue weighted by Crippen LogP contribution is 2.19. The molecule has 0 aromatic heterocycles. The fourth-order valence-corrected chi connectivity index (χ4v) is 2.26. The lowest BCUT2D eigenvalue weighted by molar-refractivity contribution is -0.128. The van der Waals surface area contributed by atoms with E-state index in [0.717, 1.165) is 32.0 Å². The maximum atomic E-state index is 11.4. The number of carbonyl (C=O) groups is 1. The number of nitrogens with one attached hydrogen (secondary N) is 1. The van der Waals surface area contributed by atoms with E-state index in [-0.39, 0.29) is 0 Å². The van der Waals surface area contributed by atoms with Gasteiger partial charge in [0.05, 0.1) is 0 Å². The van der Waals surface area contributed by atoms with Gasteiger partial charge in [-0.1, -0.05) is 6.42 Å². The molecule has 2 rings (SSSR count). The second-order valence-corrected chi connectivity index (χ2v) is 4.64. The van der Waals surface area contributed by atoms with Crippen LogP contribution in [0.4, 0.5) is 0 Å². The van der Waals surface area contributed by atoms with Crippen molar-refractivity contribution in [2.75, 3.05) is 13.1 Å². The number of hydrogen-bond donors (Lipinski definition) is 1. The summed E-state index contributed by atoms with van der Waals surface area (Å²) in [6.07, 6.45) is 5.81. The number of amides is 1. The molecular formula is C11H20N2O. The second-order valence-electron chi connectivity index (χ2n) is 4.64. The van der Waals surface area contributed by atoms with Gasteiger partial charge in [0.2, 0.25) is 5.91 Å². The SMILES string of the molecule is CC(CN1CCCC1=O)NC1CCC1. The van der Waals surface area contributed by atoms with E-state index in [4.69, 9.17) is 0 Å². The normalized spacial score (nSPS) is 25.2. The Bertz CT molecular complexity index is 213. The van der Waals surface area contributed by atoms with Crippen molar-refractivity contribution in [2.24, 2.45) is 0 Å². The summed E-state index contributed by atoms with van der Waals surface area (Å²) < 4.78 is 0. The molecule has 1 unspecified atom stereocenters. The first kappa shape index (κ1) is 9.97. The molecule has 2 fully saturated rings. The lowest BCUT2D eigenvalue weighted by Crippen LogP contribution is -2.46. The minimum atomic E-state index is 0.340. The quantitative estimate of drug-likeness (QED) is 0.731. The van der Waals surface area contributed by atoms with Gasteiger partial charge < -0.3 is 10.2 Å². The number of hydrogen-bond acceptors (Lipinski definition) is 2. The third-order valence-electron chi connectivity index (χ3n) is 3.29. The molecule has 80 valence electrons. The minimum Gasteiger partial charge on any atom is -0.341 e. The van der Waals surface area contributed by atoms with E-state index in [1.807, 2.05) is 4.90 Å². The van der Waals surface area contributed by atoms with E-state index in [0.29, 0.717) is 11.9 Å². The van der Waals surface area contributed by atoms with Crippen LogP contribution in [0, 0.1) is 0 Å². The van der Waals surface area contributed by atoms with Gasteiger partial charge in [-0.25, -0.2) is 0 Å². The lowest BCUT2D eigenvalue weighted by Gasteiger charge is -2.31. The van der Waals surface area contributed by atoms with Gasteiger partial charge in [-0.15, -0.1) is 0 Å². The van der Waals surface area contributed by atoms with E-state index in [1.54, 1.807) is 0 Å². The Kier molecular flexibility index (Phi) is 3.06. The first-order valence-electron chi connectivity index (χ1n) is 5.79. The largest absolute Gasteiger partial charge is 0.341 e. The Morgan fingerprint density at radius 3 is 2.79 bits per heavy atom. The smallest absolute Gasteiger partial charge is 0.222 e. The highest BCUT2D eigenvalue weighted by atomic mass is 16.2. The maximum absolute atomic E-state index is 11.4. The van der Waals surface area contributed by atoms with Crippen molar-refractivity contribution in [2.45, 2.75) is 51.1 Å². The van der Waals surface area contributed by atoms with Crippen molar-refractivity contribution in [3.05, 3.63) is 0 Å². The molecule has 1 aliphatic carbocycles. The Morgan fingerprint density at radius 2 is 2.29 bits per heavy atom. The molecule has 1 saturated carbocycles. The van der Waals surface area contributed by atoms with E-state index in [1.165, 1.54) is 19.3 Å². The van der Waals surface area contributed by atoms with Crippen LogP contribution in [0.1, 0.15) is 39.0 Å². The third-order valence-corrected chi connectivity index (χ3v) is 3.29. The van der Waals surface area contributed by atoms with Crippen LogP contribution >= 0.6 is 0 Å². The van der Waals surface area contributed by atoms with Crippen LogP contribution in [0.2, 0.25) is 0 Å². The molecule has 1 N–H and O–H groups in total. The summed E-state index contributed by atoms with van der Waals surface area (Å²) in [4.78, 5) is 13.4. The van der Waals surface area contributed by atoms with E-state index < -0.39 is 0 Å². The molecule has 3 nitrogen and oxygen atoms in total. The van der Waals surface area contributed by atoms with Crippen molar-refractivity contribution in [3.63, 3.8) is 0 Å². The predicted octanol–water partition coefficient (Wildman–Crippen LogP) is 1.14. The lowest BCUT2D eigenvalue weighted by atomic mass is 9.92. The van der Waals surface area contributed by atoms with Gasteiger partial charge in [-0.3, -0.25) is 4.79 Å². The van der Waals surface area contributed by atoms with E-state index in [9.17, 15) is 4.79 Å². The van der Waals surface area contributed by atoms with Crippen LogP contribution in [0.25, 0.3) is 0 Å². The topological polar surface area (TPSA) is 32.3 Å². The fraction of sp³-hybridized carbons (Fsp3) is 0.909. The number of rotatable bonds is 4. The average Bonchev–Trinajstić information content (AvgIpc) is 2.45. The first-order valence-corrected chi connectivity index (χ1v) is 5.79. The Balaban J connectivity index is 1.70. The Hall–Kier alpha value is -0.570. The van der Waals surface area contributed by atoms with Gasteiger partial charge in [0.1, 0.15) is 0 Å². The first-order chi connectivity index (χ1) is 6.75. The van der Waals surface area contributed by atoms with Crippen molar-refractivity contribution >= 4 is 5.91 Å². The summed E-state index contributed by atoms with van der Waals surface area (Å²) in [6.45, 7) is 4.05. The van der Waals surface area contributed by atoms with Crippen molar-refractivity contribution < 1.29 is 4.79 Å². The van der Waals surface area contributed by atoms with Gasteiger partial charge in [0.25, 0.3) is 0 Å². The number of nitrogens with zero attached hydrogens (tertiary/aromatic N) is 1. The standard InChI is InChI=1S/C11H20N2O/c1-9(12-10-4-2-5-10)8-13-7-3-6-11(13)14/h9-10,12H,2-8H2,1H3. The molecular weight excluding hydrogens is 176 g/mol. The van der Waals surface area contributed by atoms with Gasteiger partial charge in [-0.2, -0.15) is 0 Å². The van der Waals surface area contributed by atoms with Crippen LogP contribution in [0.5, 0.6) is 0 Å². The monoisotopic (exact) mass is 196 g/mol. The van der Waals surface area contributed by atoms with Crippen LogP contribution in [-0.2, 0) is 4.79 Å². The molecule has 1 aliphatic heterocycles. The summed E-state index contributed by atoms with van der Waals surface area (Å²) in [5, 5.41) is 3.57. The van der Waals surface area contributed by atoms with E-state index in [2.05, 4.69) is 12.2 Å². The molecule has 0 aromatic carbocycles. The highest BCUT2D eigenvalue weighted by molar-refractivity contribution is 5.78. The summed E-state index contributed by atoms with van der Waals surface area (Å²) in [7, 11) is 0. The molecule has 1 atom stereocenters. The summed E-state index contributed by atoms with van der Waals surface area (Å²) >= 11 is 0. The zero-order chi connectivity index (χ0) is 9.97. The van der Waals surface area contributed by atoms with E-state index >= 15 is 0 Å². The van der Waals surface area contributed by atoms with Crippen LogP contribution < -0.4 is 5.32 Å². The Morgan fingerprint density at radius 1 is 1.50 bits per heavy atom. The fourth-order valence-electron chi connectivity index (χ4n) is 2.26. The molecule has 3 heteroatoms. The van der Waals surface area contributed by atoms with Crippen molar-refractivity contribution in [1.82, 2.24) is 10.2 Å². The molecule has 1 saturated heterocycles. The average molecular weight is 196 g/mol. The zero-order valence-electron chi connectivity index (χ0n) is 8.96. The third kappa shape index (κ3) is 2.27. The molecule has 0 spiro atoms. The van der Waals surface area contributed by atoms with Crippen LogP contribution in [0.15, 0.2) is 0 Å². The van der Waals surface area contributed by atoms with Crippen molar-refractivity contribution in [1.29, 1.82) is 0 Å². The van der Waals surface area contributed by atoms with Gasteiger partial charge in [-0.05, 0) is 26.2 Å². The van der Waals surface area contributed by atoms with Crippen molar-refractivity contribution in [3.8, 4) is 0 Å². The predicted molar refractivity (Wildman–Crippen MR) is 56.1 cm³/mol. The molecule has 0 bridgehead atoms. The Labute approximate surface area is 85.8 Å². The second kappa shape index (κ2) is 4.30.